The van der Waals surface area contributed by atoms with E-state index >= 15 is 0 Å². The topological polar surface area (TPSA) is 70.1 Å². The lowest BCUT2D eigenvalue weighted by Crippen LogP contribution is -2.45. The second kappa shape index (κ2) is 5.13. The van der Waals surface area contributed by atoms with Gasteiger partial charge in [0.15, 0.2) is 0 Å². The van der Waals surface area contributed by atoms with Crippen molar-refractivity contribution in [3.8, 4) is 6.07 Å². The second-order valence-electron chi connectivity index (χ2n) is 4.74. The number of hydrogen-bond donors (Lipinski definition) is 1. The van der Waals surface area contributed by atoms with Crippen molar-refractivity contribution in [3.63, 3.8) is 0 Å². The van der Waals surface area contributed by atoms with Gasteiger partial charge in [-0.05, 0) is 45.9 Å². The molecule has 0 atom stereocenters. The first-order valence-electron chi connectivity index (χ1n) is 5.65. The molecule has 1 amide bonds. The van der Waals surface area contributed by atoms with Crippen molar-refractivity contribution >= 4 is 5.91 Å². The molecule has 0 bridgehead atoms. The Hall–Kier alpha value is -1.34. The van der Waals surface area contributed by atoms with E-state index in [1.165, 1.54) is 19.3 Å². The minimum absolute atomic E-state index is 0.0515. The molecule has 0 unspecified atom stereocenters. The fourth-order valence-electron chi connectivity index (χ4n) is 2.07. The van der Waals surface area contributed by atoms with E-state index in [0.29, 0.717) is 0 Å². The van der Waals surface area contributed by atoms with Gasteiger partial charge >= 0.3 is 0 Å². The molecule has 1 aliphatic heterocycles. The summed E-state index contributed by atoms with van der Waals surface area (Å²) in [6.45, 7) is 6.05. The molecule has 4 nitrogen and oxygen atoms in total. The molecule has 16 heavy (non-hydrogen) atoms. The normalized spacial score (nSPS) is 19.2. The lowest BCUT2D eigenvalue weighted by atomic mass is 9.96. The van der Waals surface area contributed by atoms with Crippen LogP contribution < -0.4 is 5.73 Å². The molecule has 4 heteroatoms. The van der Waals surface area contributed by atoms with Crippen molar-refractivity contribution in [2.24, 2.45) is 5.73 Å². The molecule has 2 N–H and O–H groups in total. The van der Waals surface area contributed by atoms with Crippen molar-refractivity contribution in [1.82, 2.24) is 4.90 Å². The quantitative estimate of drug-likeness (QED) is 0.574. The van der Waals surface area contributed by atoms with Crippen LogP contribution in [0.3, 0.4) is 0 Å². The average Bonchev–Trinajstić information content (AvgIpc) is 2.27. The van der Waals surface area contributed by atoms with Crippen molar-refractivity contribution in [1.29, 1.82) is 5.26 Å². The monoisotopic (exact) mass is 221 g/mol. The predicted octanol–water partition coefficient (Wildman–Crippen LogP) is 1.19. The number of nitriles is 1. The van der Waals surface area contributed by atoms with Crippen LogP contribution >= 0.6 is 0 Å². The smallest absolute Gasteiger partial charge is 0.259 e. The molecule has 0 saturated carbocycles. The zero-order valence-corrected chi connectivity index (χ0v) is 9.99. The molecule has 1 fully saturated rings. The molecule has 1 saturated heterocycles. The first-order chi connectivity index (χ1) is 7.47. The number of likely N-dealkylation sites (tertiary alicyclic amines) is 1. The van der Waals surface area contributed by atoms with E-state index < -0.39 is 5.91 Å². The Labute approximate surface area is 96.7 Å². The van der Waals surface area contributed by atoms with Crippen LogP contribution in [0.15, 0.2) is 11.6 Å². The van der Waals surface area contributed by atoms with E-state index in [-0.39, 0.29) is 11.1 Å². The van der Waals surface area contributed by atoms with Crippen LogP contribution in [-0.2, 0) is 4.79 Å². The van der Waals surface area contributed by atoms with E-state index in [2.05, 4.69) is 4.90 Å². The third-order valence-electron chi connectivity index (χ3n) is 3.05. The van der Waals surface area contributed by atoms with Crippen LogP contribution in [0.25, 0.3) is 0 Å². The third kappa shape index (κ3) is 3.07. The number of primary amides is 1. The first kappa shape index (κ1) is 12.7. The average molecular weight is 221 g/mol. The van der Waals surface area contributed by atoms with Gasteiger partial charge in [0.1, 0.15) is 11.6 Å². The summed E-state index contributed by atoms with van der Waals surface area (Å²) in [6.07, 6.45) is 5.29. The molecule has 0 aromatic heterocycles. The highest BCUT2D eigenvalue weighted by Gasteiger charge is 2.27. The third-order valence-corrected chi connectivity index (χ3v) is 3.05. The summed E-state index contributed by atoms with van der Waals surface area (Å²) in [5.41, 5.74) is 4.91. The Morgan fingerprint density at radius 3 is 2.38 bits per heavy atom. The number of amides is 1. The van der Waals surface area contributed by atoms with Crippen LogP contribution in [0.5, 0.6) is 0 Å². The number of carbonyl (C=O) groups excluding carboxylic acids is 1. The van der Waals surface area contributed by atoms with E-state index in [1.807, 2.05) is 19.9 Å². The molecular weight excluding hydrogens is 202 g/mol. The number of nitrogens with zero attached hydrogens (tertiary/aromatic N) is 2. The van der Waals surface area contributed by atoms with Gasteiger partial charge in [-0.3, -0.25) is 9.69 Å². The maximum absolute atomic E-state index is 11.0. The molecule has 1 aliphatic rings. The predicted molar refractivity (Wildman–Crippen MR) is 62.4 cm³/mol. The lowest BCUT2D eigenvalue weighted by Gasteiger charge is -2.39. The summed E-state index contributed by atoms with van der Waals surface area (Å²) < 4.78 is 0. The van der Waals surface area contributed by atoms with Crippen molar-refractivity contribution in [2.45, 2.75) is 38.6 Å². The highest BCUT2D eigenvalue weighted by Crippen LogP contribution is 2.22. The van der Waals surface area contributed by atoms with Gasteiger partial charge in [0, 0.05) is 5.54 Å². The zero-order valence-electron chi connectivity index (χ0n) is 9.99. The summed E-state index contributed by atoms with van der Waals surface area (Å²) in [5.74, 6) is -0.646. The van der Waals surface area contributed by atoms with Gasteiger partial charge in [0.25, 0.3) is 5.91 Å². The second-order valence-corrected chi connectivity index (χ2v) is 4.74. The number of rotatable bonds is 3. The standard InChI is InChI=1S/C12H19N3O/c1-12(2,8-10(9-13)11(14)16)15-6-4-3-5-7-15/h8H,3-7H2,1-2H3,(H2,14,16). The number of hydrogen-bond acceptors (Lipinski definition) is 3. The summed E-state index contributed by atoms with van der Waals surface area (Å²) in [5, 5.41) is 8.82. The van der Waals surface area contributed by atoms with Gasteiger partial charge in [-0.15, -0.1) is 0 Å². The van der Waals surface area contributed by atoms with Gasteiger partial charge in [-0.1, -0.05) is 6.42 Å². The van der Waals surface area contributed by atoms with E-state index in [9.17, 15) is 4.79 Å². The highest BCUT2D eigenvalue weighted by atomic mass is 16.1. The maximum atomic E-state index is 11.0. The maximum Gasteiger partial charge on any atom is 0.259 e. The van der Waals surface area contributed by atoms with Gasteiger partial charge in [0.2, 0.25) is 0 Å². The van der Waals surface area contributed by atoms with Crippen molar-refractivity contribution in [2.75, 3.05) is 13.1 Å². The largest absolute Gasteiger partial charge is 0.365 e. The van der Waals surface area contributed by atoms with E-state index in [4.69, 9.17) is 11.0 Å². The molecule has 0 aromatic carbocycles. The summed E-state index contributed by atoms with van der Waals surface area (Å²) in [6, 6.07) is 1.86. The van der Waals surface area contributed by atoms with Crippen LogP contribution in [-0.4, -0.2) is 29.4 Å². The Balaban J connectivity index is 2.83. The van der Waals surface area contributed by atoms with Crippen LogP contribution in [0.2, 0.25) is 0 Å². The Morgan fingerprint density at radius 1 is 1.38 bits per heavy atom. The van der Waals surface area contributed by atoms with Crippen LogP contribution in [0, 0.1) is 11.3 Å². The number of carbonyl (C=O) groups is 1. The fourth-order valence-corrected chi connectivity index (χ4v) is 2.07. The molecule has 0 spiro atoms. The number of nitrogens with two attached hydrogens (primary N) is 1. The van der Waals surface area contributed by atoms with Gasteiger partial charge < -0.3 is 5.73 Å². The number of piperidine rings is 1. The molecule has 0 aromatic rings. The molecule has 0 radical (unpaired) electrons. The molecule has 0 aliphatic carbocycles. The van der Waals surface area contributed by atoms with Gasteiger partial charge in [-0.25, -0.2) is 0 Å². The Morgan fingerprint density at radius 2 is 1.94 bits per heavy atom. The summed E-state index contributed by atoms with van der Waals surface area (Å²) in [4.78, 5) is 13.3. The molecule has 88 valence electrons. The first-order valence-corrected chi connectivity index (χ1v) is 5.65. The van der Waals surface area contributed by atoms with E-state index in [1.54, 1.807) is 6.08 Å². The highest BCUT2D eigenvalue weighted by molar-refractivity contribution is 5.96. The van der Waals surface area contributed by atoms with Crippen LogP contribution in [0.4, 0.5) is 0 Å². The lowest BCUT2D eigenvalue weighted by molar-refractivity contribution is -0.114. The Bertz CT molecular complexity index is 333. The van der Waals surface area contributed by atoms with Crippen LogP contribution in [0.1, 0.15) is 33.1 Å². The summed E-state index contributed by atoms with van der Waals surface area (Å²) in [7, 11) is 0. The molecule has 1 rings (SSSR count). The SMILES string of the molecule is CC(C)(C=C(C#N)C(N)=O)N1CCCCC1. The van der Waals surface area contributed by atoms with Gasteiger partial charge in [-0.2, -0.15) is 5.26 Å². The molecule has 1 heterocycles. The molecular formula is C12H19N3O. The fraction of sp³-hybridized carbons (Fsp3) is 0.667. The minimum atomic E-state index is -0.646. The zero-order chi connectivity index (χ0) is 12.2. The minimum Gasteiger partial charge on any atom is -0.365 e. The van der Waals surface area contributed by atoms with E-state index in [0.717, 1.165) is 13.1 Å². The van der Waals surface area contributed by atoms with Gasteiger partial charge in [0.05, 0.1) is 0 Å². The van der Waals surface area contributed by atoms with Crippen molar-refractivity contribution in [3.05, 3.63) is 11.6 Å². The summed E-state index contributed by atoms with van der Waals surface area (Å²) >= 11 is 0. The van der Waals surface area contributed by atoms with Crippen molar-refractivity contribution < 1.29 is 4.79 Å². The Kier molecular flexibility index (Phi) is 4.08.